The molecule has 3 nitrogen and oxygen atoms in total. The van der Waals surface area contributed by atoms with Crippen LogP contribution in [0.5, 0.6) is 0 Å². The van der Waals surface area contributed by atoms with E-state index in [-0.39, 0.29) is 0 Å². The molecular weight excluding hydrogens is 345 g/mol. The number of nitrogens with one attached hydrogen (secondary N) is 1. The smallest absolute Gasteiger partial charge is 0.0419 e. The van der Waals surface area contributed by atoms with Crippen molar-refractivity contribution in [1.82, 2.24) is 5.32 Å². The molecule has 5 heteroatoms. The van der Waals surface area contributed by atoms with Crippen LogP contribution in [-0.2, 0) is 0 Å². The quantitative estimate of drug-likeness (QED) is 0.201. The molecule has 0 radical (unpaired) electrons. The first-order valence-corrected chi connectivity index (χ1v) is 10.6. The summed E-state index contributed by atoms with van der Waals surface area (Å²) in [6.45, 7) is 9.91. The molecule has 0 aromatic heterocycles. The summed E-state index contributed by atoms with van der Waals surface area (Å²) in [6, 6.07) is 0. The first-order valence-electron chi connectivity index (χ1n) is 9.14. The van der Waals surface area contributed by atoms with Crippen molar-refractivity contribution in [1.29, 1.82) is 0 Å². The van der Waals surface area contributed by atoms with Crippen molar-refractivity contribution in [3.8, 4) is 12.8 Å². The van der Waals surface area contributed by atoms with Crippen molar-refractivity contribution in [3.63, 3.8) is 0 Å². The summed E-state index contributed by atoms with van der Waals surface area (Å²) >= 11 is 4.17. The second kappa shape index (κ2) is 28.2. The van der Waals surface area contributed by atoms with Crippen LogP contribution in [0.3, 0.4) is 0 Å². The van der Waals surface area contributed by atoms with Gasteiger partial charge in [0.05, 0.1) is 0 Å². The Morgan fingerprint density at radius 2 is 1.92 bits per heavy atom. The van der Waals surface area contributed by atoms with Gasteiger partial charge in [0.25, 0.3) is 0 Å². The van der Waals surface area contributed by atoms with Crippen molar-refractivity contribution in [2.24, 2.45) is 15.9 Å². The second-order valence-corrected chi connectivity index (χ2v) is 6.40. The third kappa shape index (κ3) is 25.7. The van der Waals surface area contributed by atoms with Crippen LogP contribution in [0.15, 0.2) is 21.8 Å². The number of aliphatic imine (C=N–C) groups is 2. The molecule has 0 rings (SSSR count). The molecule has 0 spiro atoms. The van der Waals surface area contributed by atoms with Crippen LogP contribution >= 0.6 is 21.9 Å². The molecular formula is C20H40N3PS. The maximum absolute atomic E-state index is 4.39. The van der Waals surface area contributed by atoms with Crippen LogP contribution < -0.4 is 5.32 Å². The van der Waals surface area contributed by atoms with Gasteiger partial charge in [-0.25, -0.2) is 0 Å². The fourth-order valence-corrected chi connectivity index (χ4v) is 2.58. The molecule has 0 fully saturated rings. The summed E-state index contributed by atoms with van der Waals surface area (Å²) in [5.41, 5.74) is 0.950. The van der Waals surface area contributed by atoms with Crippen molar-refractivity contribution in [2.75, 3.05) is 32.1 Å². The van der Waals surface area contributed by atoms with Gasteiger partial charge < -0.3 is 5.32 Å². The second-order valence-electron chi connectivity index (χ2n) is 5.48. The number of rotatable bonds is 13. The molecule has 0 aromatic rings. The molecule has 2 atom stereocenters. The van der Waals surface area contributed by atoms with Gasteiger partial charge >= 0.3 is 0 Å². The van der Waals surface area contributed by atoms with Gasteiger partial charge in [-0.15, -0.1) is 22.1 Å². The molecule has 0 heterocycles. The maximum Gasteiger partial charge on any atom is 0.0419 e. The lowest BCUT2D eigenvalue weighted by atomic mass is 10.0. The highest BCUT2D eigenvalue weighted by Crippen LogP contribution is 2.11. The molecule has 146 valence electrons. The minimum Gasteiger partial charge on any atom is -0.320 e. The summed E-state index contributed by atoms with van der Waals surface area (Å²) < 4.78 is 0. The zero-order valence-electron chi connectivity index (χ0n) is 16.6. The standard InChI is InChI=1S/C13H26N3PS.C5H12.C2H2/c1-14-7-3-12(11-17)4-8-16-9-5-13(15-2)6-10-18;1-3-5-4-2;1-2/h5,9,12,14,18H,2-4,6-8,10-11,17H2,1H3;3-5H2,1-2H3;1-2H/b13-5-,16-9?;;. The van der Waals surface area contributed by atoms with Gasteiger partial charge in [-0.2, -0.15) is 12.6 Å². The summed E-state index contributed by atoms with van der Waals surface area (Å²) in [5.74, 6) is 1.52. The monoisotopic (exact) mass is 385 g/mol. The topological polar surface area (TPSA) is 36.8 Å². The Kier molecular flexibility index (Phi) is 32.9. The highest BCUT2D eigenvalue weighted by atomic mass is 32.1. The van der Waals surface area contributed by atoms with E-state index < -0.39 is 0 Å². The van der Waals surface area contributed by atoms with Crippen molar-refractivity contribution < 1.29 is 0 Å². The predicted octanol–water partition coefficient (Wildman–Crippen LogP) is 4.90. The summed E-state index contributed by atoms with van der Waals surface area (Å²) in [4.78, 5) is 8.32. The number of nitrogens with zero attached hydrogens (tertiary/aromatic N) is 2. The largest absolute Gasteiger partial charge is 0.320 e. The number of unbranched alkanes of at least 4 members (excludes halogenated alkanes) is 2. The van der Waals surface area contributed by atoms with Crippen molar-refractivity contribution in [3.05, 3.63) is 11.8 Å². The van der Waals surface area contributed by atoms with Gasteiger partial charge in [0.15, 0.2) is 0 Å². The van der Waals surface area contributed by atoms with Crippen LogP contribution in [0, 0.1) is 18.8 Å². The molecule has 0 amide bonds. The minimum atomic E-state index is 0.734. The highest BCUT2D eigenvalue weighted by molar-refractivity contribution is 7.80. The molecule has 0 aromatic carbocycles. The average Bonchev–Trinajstić information content (AvgIpc) is 2.65. The number of terminal acetylenes is 1. The first kappa shape index (κ1) is 29.2. The van der Waals surface area contributed by atoms with E-state index in [1.807, 2.05) is 19.3 Å². The highest BCUT2D eigenvalue weighted by Gasteiger charge is 2.04. The van der Waals surface area contributed by atoms with E-state index in [0.717, 1.165) is 49.5 Å². The Labute approximate surface area is 165 Å². The zero-order chi connectivity index (χ0) is 19.8. The third-order valence-electron chi connectivity index (χ3n) is 3.45. The van der Waals surface area contributed by atoms with Gasteiger partial charge in [-0.1, -0.05) is 33.1 Å². The molecule has 0 aliphatic rings. The number of hydrogen-bond acceptors (Lipinski definition) is 4. The van der Waals surface area contributed by atoms with Crippen LogP contribution in [-0.4, -0.2) is 45.0 Å². The van der Waals surface area contributed by atoms with Gasteiger partial charge in [0.1, 0.15) is 0 Å². The lowest BCUT2D eigenvalue weighted by molar-refractivity contribution is 0.496. The molecule has 1 N–H and O–H groups in total. The third-order valence-corrected chi connectivity index (χ3v) is 4.34. The zero-order valence-corrected chi connectivity index (χ0v) is 18.6. The summed E-state index contributed by atoms with van der Waals surface area (Å²) in [6.07, 6.45) is 20.2. The molecule has 25 heavy (non-hydrogen) atoms. The Bertz CT molecular complexity index is 339. The normalized spacial score (nSPS) is 11.9. The maximum atomic E-state index is 4.39. The van der Waals surface area contributed by atoms with Crippen molar-refractivity contribution in [2.45, 2.75) is 52.4 Å². The molecule has 0 bridgehead atoms. The fourth-order valence-electron chi connectivity index (χ4n) is 1.88. The van der Waals surface area contributed by atoms with Crippen LogP contribution in [0.25, 0.3) is 0 Å². The number of allylic oxidation sites excluding steroid dienone is 2. The summed E-state index contributed by atoms with van der Waals surface area (Å²) in [7, 11) is 4.82. The van der Waals surface area contributed by atoms with E-state index in [1.54, 1.807) is 0 Å². The van der Waals surface area contributed by atoms with Crippen LogP contribution in [0.4, 0.5) is 0 Å². The average molecular weight is 386 g/mol. The van der Waals surface area contributed by atoms with E-state index in [0.29, 0.717) is 0 Å². The van der Waals surface area contributed by atoms with E-state index in [1.165, 1.54) is 25.7 Å². The van der Waals surface area contributed by atoms with Gasteiger partial charge in [0, 0.05) is 18.5 Å². The molecule has 0 aliphatic carbocycles. The van der Waals surface area contributed by atoms with Crippen LogP contribution in [0.1, 0.15) is 52.4 Å². The summed E-state index contributed by atoms with van der Waals surface area (Å²) in [5, 5.41) is 3.19. The van der Waals surface area contributed by atoms with E-state index in [9.17, 15) is 0 Å². The Hall–Kier alpha value is -0.620. The Morgan fingerprint density at radius 1 is 1.28 bits per heavy atom. The number of hydrogen-bond donors (Lipinski definition) is 2. The lowest BCUT2D eigenvalue weighted by Crippen LogP contribution is -2.14. The van der Waals surface area contributed by atoms with Gasteiger partial charge in [-0.05, 0) is 63.5 Å². The molecule has 0 saturated heterocycles. The molecule has 0 saturated carbocycles. The van der Waals surface area contributed by atoms with E-state index in [4.69, 9.17) is 0 Å². The Balaban J connectivity index is -0.000000588. The van der Waals surface area contributed by atoms with Crippen LogP contribution in [0.2, 0.25) is 0 Å². The fraction of sp³-hybridized carbons (Fsp3) is 0.700. The van der Waals surface area contributed by atoms with E-state index in [2.05, 4.69) is 70.6 Å². The first-order chi connectivity index (χ1) is 12.2. The molecule has 2 unspecified atom stereocenters. The lowest BCUT2D eigenvalue weighted by Gasteiger charge is -2.12. The SMILES string of the molecule is C#C.C=N/C(=C\C=NCCC(CP)CCNC)CCS.CCCCC. The van der Waals surface area contributed by atoms with E-state index >= 15 is 0 Å². The molecule has 0 aliphatic heterocycles. The van der Waals surface area contributed by atoms with Gasteiger partial charge in [-0.3, -0.25) is 9.98 Å². The van der Waals surface area contributed by atoms with Crippen molar-refractivity contribution >= 4 is 34.8 Å². The van der Waals surface area contributed by atoms with Gasteiger partial charge in [0.2, 0.25) is 0 Å². The minimum absolute atomic E-state index is 0.734. The Morgan fingerprint density at radius 3 is 2.32 bits per heavy atom. The predicted molar refractivity (Wildman–Crippen MR) is 126 cm³/mol. The number of thiol groups is 1.